The molecule has 2 heterocycles. The van der Waals surface area contributed by atoms with Gasteiger partial charge in [-0.15, -0.1) is 11.3 Å². The quantitative estimate of drug-likeness (QED) is 0.467. The minimum absolute atomic E-state index is 0.0768. The largest absolute Gasteiger partial charge is 0.302 e. The van der Waals surface area contributed by atoms with E-state index >= 15 is 0 Å². The van der Waals surface area contributed by atoms with Gasteiger partial charge in [0.1, 0.15) is 0 Å². The van der Waals surface area contributed by atoms with E-state index in [-0.39, 0.29) is 42.0 Å². The van der Waals surface area contributed by atoms with Gasteiger partial charge in [0, 0.05) is 33.8 Å². The molecule has 2 bridgehead atoms. The Morgan fingerprint density at radius 2 is 1.94 bits per heavy atom. The molecule has 2 atom stereocenters. The van der Waals surface area contributed by atoms with Crippen molar-refractivity contribution in [3.63, 3.8) is 0 Å². The topological polar surface area (TPSA) is 79.4 Å². The number of benzene rings is 1. The SMILES string of the molecule is CCc1sc(NC(=O)CCCN2C(=O)C3CCC(C)(C2=O)C3(C)C)nc1-c1ccc(Br)cc1. The first-order chi connectivity index (χ1) is 15.6. The van der Waals surface area contributed by atoms with Gasteiger partial charge in [0.2, 0.25) is 17.7 Å². The molecule has 1 saturated heterocycles. The van der Waals surface area contributed by atoms with Crippen molar-refractivity contribution in [1.29, 1.82) is 0 Å². The monoisotopic (exact) mass is 531 g/mol. The molecule has 2 aliphatic rings. The summed E-state index contributed by atoms with van der Waals surface area (Å²) in [6, 6.07) is 7.96. The lowest BCUT2D eigenvalue weighted by Crippen LogP contribution is -2.59. The number of amides is 3. The van der Waals surface area contributed by atoms with Crippen LogP contribution in [0, 0.1) is 16.7 Å². The fourth-order valence-electron chi connectivity index (χ4n) is 5.17. The number of thiazole rings is 1. The number of carbonyl (C=O) groups excluding carboxylic acids is 3. The van der Waals surface area contributed by atoms with Gasteiger partial charge in [-0.25, -0.2) is 4.98 Å². The van der Waals surface area contributed by atoms with E-state index in [4.69, 9.17) is 0 Å². The summed E-state index contributed by atoms with van der Waals surface area (Å²) in [6.07, 6.45) is 3.01. The van der Waals surface area contributed by atoms with E-state index in [2.05, 4.69) is 33.2 Å². The number of aromatic nitrogens is 1. The van der Waals surface area contributed by atoms with Gasteiger partial charge in [0.15, 0.2) is 5.13 Å². The lowest BCUT2D eigenvalue weighted by atomic mass is 9.62. The highest BCUT2D eigenvalue weighted by atomic mass is 79.9. The van der Waals surface area contributed by atoms with Gasteiger partial charge in [0.05, 0.1) is 11.1 Å². The Labute approximate surface area is 207 Å². The van der Waals surface area contributed by atoms with E-state index in [0.717, 1.165) is 39.9 Å². The lowest BCUT2D eigenvalue weighted by molar-refractivity contribution is -0.168. The highest BCUT2D eigenvalue weighted by Gasteiger charge is 2.64. The van der Waals surface area contributed by atoms with Crippen LogP contribution in [0.5, 0.6) is 0 Å². The summed E-state index contributed by atoms with van der Waals surface area (Å²) >= 11 is 4.93. The molecule has 1 aromatic carbocycles. The molecule has 2 unspecified atom stereocenters. The Kier molecular flexibility index (Phi) is 6.53. The molecule has 3 amide bonds. The van der Waals surface area contributed by atoms with Crippen LogP contribution in [0.1, 0.15) is 58.3 Å². The second-order valence-corrected chi connectivity index (χ2v) is 11.7. The van der Waals surface area contributed by atoms with Crippen LogP contribution in [0.2, 0.25) is 0 Å². The van der Waals surface area contributed by atoms with E-state index in [9.17, 15) is 14.4 Å². The van der Waals surface area contributed by atoms with Gasteiger partial charge < -0.3 is 5.32 Å². The fourth-order valence-corrected chi connectivity index (χ4v) is 6.37. The molecule has 1 saturated carbocycles. The zero-order chi connectivity index (χ0) is 24.0. The van der Waals surface area contributed by atoms with Crippen molar-refractivity contribution >= 4 is 50.1 Å². The second kappa shape index (κ2) is 8.95. The number of halogens is 1. The Morgan fingerprint density at radius 3 is 2.61 bits per heavy atom. The van der Waals surface area contributed by atoms with Gasteiger partial charge in [-0.3, -0.25) is 19.3 Å². The molecule has 6 nitrogen and oxygen atoms in total. The number of fused-ring (bicyclic) bond motifs is 2. The minimum Gasteiger partial charge on any atom is -0.302 e. The molecule has 8 heteroatoms. The van der Waals surface area contributed by atoms with E-state index in [1.165, 1.54) is 16.2 Å². The molecular weight excluding hydrogens is 502 g/mol. The van der Waals surface area contributed by atoms with Crippen LogP contribution in [-0.4, -0.2) is 34.2 Å². The maximum Gasteiger partial charge on any atom is 0.235 e. The maximum absolute atomic E-state index is 13.1. The maximum atomic E-state index is 13.1. The van der Waals surface area contributed by atoms with E-state index in [0.29, 0.717) is 11.6 Å². The molecule has 0 radical (unpaired) electrons. The summed E-state index contributed by atoms with van der Waals surface area (Å²) in [6.45, 7) is 8.41. The van der Waals surface area contributed by atoms with Crippen LogP contribution in [0.3, 0.4) is 0 Å². The molecule has 176 valence electrons. The standard InChI is InChI=1S/C25H30BrN3O3S/c1-5-18-20(15-8-10-16(26)11-9-15)28-23(33-18)27-19(30)7-6-14-29-21(31)17-12-13-25(4,22(29)32)24(17,2)3/h8-11,17H,5-7,12-14H2,1-4H3,(H,27,28,30). The summed E-state index contributed by atoms with van der Waals surface area (Å²) in [5, 5.41) is 3.48. The second-order valence-electron chi connectivity index (χ2n) is 9.74. The molecule has 1 aromatic heterocycles. The predicted molar refractivity (Wildman–Crippen MR) is 134 cm³/mol. The summed E-state index contributed by atoms with van der Waals surface area (Å²) in [7, 11) is 0. The lowest BCUT2D eigenvalue weighted by Gasteiger charge is -2.47. The highest BCUT2D eigenvalue weighted by molar-refractivity contribution is 9.10. The fraction of sp³-hybridized carbons (Fsp3) is 0.520. The number of nitrogens with one attached hydrogen (secondary N) is 1. The van der Waals surface area contributed by atoms with Crippen molar-refractivity contribution in [2.45, 2.75) is 59.8 Å². The Hall–Kier alpha value is -2.06. The first-order valence-electron chi connectivity index (χ1n) is 11.5. The van der Waals surface area contributed by atoms with Crippen LogP contribution in [-0.2, 0) is 20.8 Å². The summed E-state index contributed by atoms with van der Waals surface area (Å²) in [4.78, 5) is 45.8. The third-order valence-electron chi connectivity index (χ3n) is 7.68. The number of hydrogen-bond acceptors (Lipinski definition) is 5. The predicted octanol–water partition coefficient (Wildman–Crippen LogP) is 5.67. The summed E-state index contributed by atoms with van der Waals surface area (Å²) in [5.74, 6) is -0.431. The molecule has 1 N–H and O–H groups in total. The van der Waals surface area contributed by atoms with Crippen molar-refractivity contribution in [3.8, 4) is 11.3 Å². The van der Waals surface area contributed by atoms with Crippen molar-refractivity contribution in [2.24, 2.45) is 16.7 Å². The van der Waals surface area contributed by atoms with E-state index < -0.39 is 5.41 Å². The van der Waals surface area contributed by atoms with Gasteiger partial charge in [-0.05, 0) is 43.2 Å². The average Bonchev–Trinajstić information content (AvgIpc) is 3.25. The van der Waals surface area contributed by atoms with E-state index in [1.807, 2.05) is 45.0 Å². The molecule has 33 heavy (non-hydrogen) atoms. The van der Waals surface area contributed by atoms with E-state index in [1.54, 1.807) is 0 Å². The zero-order valence-electron chi connectivity index (χ0n) is 19.5. The zero-order valence-corrected chi connectivity index (χ0v) is 21.9. The van der Waals surface area contributed by atoms with Gasteiger partial charge in [0.25, 0.3) is 0 Å². The molecule has 2 aromatic rings. The van der Waals surface area contributed by atoms with Crippen molar-refractivity contribution in [2.75, 3.05) is 11.9 Å². The van der Waals surface area contributed by atoms with Gasteiger partial charge in [-0.1, -0.05) is 55.8 Å². The number of carbonyl (C=O) groups is 3. The Morgan fingerprint density at radius 1 is 1.24 bits per heavy atom. The summed E-state index contributed by atoms with van der Waals surface area (Å²) < 4.78 is 1.00. The van der Waals surface area contributed by atoms with Crippen molar-refractivity contribution in [3.05, 3.63) is 33.6 Å². The number of imide groups is 1. The molecule has 4 rings (SSSR count). The number of anilines is 1. The number of rotatable bonds is 7. The molecule has 1 aliphatic carbocycles. The molecule has 2 fully saturated rings. The number of piperidine rings is 1. The third kappa shape index (κ3) is 4.16. The van der Waals surface area contributed by atoms with Crippen molar-refractivity contribution < 1.29 is 14.4 Å². The van der Waals surface area contributed by atoms with Crippen LogP contribution in [0.25, 0.3) is 11.3 Å². The van der Waals surface area contributed by atoms with Crippen LogP contribution in [0.4, 0.5) is 5.13 Å². The minimum atomic E-state index is -0.505. The number of aryl methyl sites for hydroxylation is 1. The smallest absolute Gasteiger partial charge is 0.235 e. The molecule has 0 spiro atoms. The molecular formula is C25H30BrN3O3S. The Bertz CT molecular complexity index is 1090. The number of likely N-dealkylation sites (tertiary alicyclic amines) is 1. The first-order valence-corrected chi connectivity index (χ1v) is 13.1. The average molecular weight is 533 g/mol. The highest BCUT2D eigenvalue weighted by Crippen LogP contribution is 2.60. The van der Waals surface area contributed by atoms with Crippen LogP contribution < -0.4 is 5.32 Å². The number of nitrogens with zero attached hydrogens (tertiary/aromatic N) is 2. The normalized spacial score (nSPS) is 23.8. The summed E-state index contributed by atoms with van der Waals surface area (Å²) in [5.41, 5.74) is 1.08. The first kappa shape index (κ1) is 24.1. The van der Waals surface area contributed by atoms with Crippen molar-refractivity contribution in [1.82, 2.24) is 9.88 Å². The van der Waals surface area contributed by atoms with Gasteiger partial charge >= 0.3 is 0 Å². The molecule has 1 aliphatic heterocycles. The number of hydrogen-bond donors (Lipinski definition) is 1. The third-order valence-corrected chi connectivity index (χ3v) is 9.32. The van der Waals surface area contributed by atoms with Gasteiger partial charge in [-0.2, -0.15) is 0 Å². The van der Waals surface area contributed by atoms with Crippen LogP contribution >= 0.6 is 27.3 Å². The Balaban J connectivity index is 1.36. The van der Waals surface area contributed by atoms with Crippen LogP contribution in [0.15, 0.2) is 28.7 Å².